The van der Waals surface area contributed by atoms with E-state index in [2.05, 4.69) is 108 Å². The summed E-state index contributed by atoms with van der Waals surface area (Å²) < 4.78 is 0. The molecule has 0 bridgehead atoms. The fourth-order valence-electron chi connectivity index (χ4n) is 5.91. The third-order valence-electron chi connectivity index (χ3n) is 7.50. The normalized spacial score (nSPS) is 13.1. The molecule has 38 heavy (non-hydrogen) atoms. The molecule has 5 aromatic carbocycles. The van der Waals surface area contributed by atoms with E-state index in [0.717, 1.165) is 11.1 Å². The van der Waals surface area contributed by atoms with Crippen LogP contribution in [-0.4, -0.2) is 15.0 Å². The molecule has 0 unspecified atom stereocenters. The zero-order chi connectivity index (χ0) is 25.5. The Bertz CT molecular complexity index is 1720. The maximum atomic E-state index is 4.92. The average molecular weight is 488 g/mol. The Balaban J connectivity index is 1.51. The third kappa shape index (κ3) is 3.40. The number of hydrogen-bond donors (Lipinski definition) is 0. The van der Waals surface area contributed by atoms with E-state index in [0.29, 0.717) is 17.5 Å². The van der Waals surface area contributed by atoms with Gasteiger partial charge in [-0.3, -0.25) is 0 Å². The van der Waals surface area contributed by atoms with Gasteiger partial charge in [0.15, 0.2) is 11.6 Å². The Hall–Kier alpha value is -4.89. The maximum absolute atomic E-state index is 4.92. The van der Waals surface area contributed by atoms with Crippen molar-refractivity contribution >= 4 is 0 Å². The Morgan fingerprint density at radius 2 is 0.974 bits per heavy atom. The zero-order valence-electron chi connectivity index (χ0n) is 21.0. The summed E-state index contributed by atoms with van der Waals surface area (Å²) in [6.07, 6.45) is 0. The van der Waals surface area contributed by atoms with Crippen LogP contribution in [0.25, 0.3) is 33.9 Å². The van der Waals surface area contributed by atoms with Crippen molar-refractivity contribution in [3.63, 3.8) is 0 Å². The van der Waals surface area contributed by atoms with Crippen LogP contribution in [0.4, 0.5) is 0 Å². The Morgan fingerprint density at radius 3 is 1.63 bits per heavy atom. The second-order valence-electron chi connectivity index (χ2n) is 9.68. The van der Waals surface area contributed by atoms with Crippen LogP contribution in [0.15, 0.2) is 133 Å². The van der Waals surface area contributed by atoms with Gasteiger partial charge in [-0.15, -0.1) is 0 Å². The first kappa shape index (κ1) is 22.3. The zero-order valence-corrected chi connectivity index (χ0v) is 21.0. The summed E-state index contributed by atoms with van der Waals surface area (Å²) in [7, 11) is 0. The highest BCUT2D eigenvalue weighted by atomic mass is 15.0. The summed E-state index contributed by atoms with van der Waals surface area (Å²) in [5.74, 6) is 2.08. The van der Waals surface area contributed by atoms with Crippen LogP contribution < -0.4 is 0 Å². The number of nitrogens with zero attached hydrogens (tertiary/aromatic N) is 3. The molecule has 180 valence electrons. The minimum Gasteiger partial charge on any atom is -0.213 e. The third-order valence-corrected chi connectivity index (χ3v) is 7.50. The van der Waals surface area contributed by atoms with Crippen molar-refractivity contribution < 1.29 is 0 Å². The van der Waals surface area contributed by atoms with Crippen LogP contribution in [0.3, 0.4) is 0 Å². The van der Waals surface area contributed by atoms with E-state index in [1.54, 1.807) is 0 Å². The summed E-state index contributed by atoms with van der Waals surface area (Å²) in [6, 6.07) is 47.2. The summed E-state index contributed by atoms with van der Waals surface area (Å²) >= 11 is 0. The van der Waals surface area contributed by atoms with Gasteiger partial charge < -0.3 is 0 Å². The van der Waals surface area contributed by atoms with Crippen LogP contribution in [0.1, 0.15) is 28.1 Å². The molecule has 0 saturated heterocycles. The van der Waals surface area contributed by atoms with E-state index in [9.17, 15) is 0 Å². The quantitative estimate of drug-likeness (QED) is 0.253. The molecule has 1 heterocycles. The molecule has 1 aliphatic carbocycles. The molecule has 0 radical (unpaired) electrons. The van der Waals surface area contributed by atoms with Gasteiger partial charge in [-0.25, -0.2) is 15.0 Å². The molecular weight excluding hydrogens is 462 g/mol. The second-order valence-corrected chi connectivity index (χ2v) is 9.68. The monoisotopic (exact) mass is 487 g/mol. The minimum atomic E-state index is -0.450. The van der Waals surface area contributed by atoms with Gasteiger partial charge in [-0.2, -0.15) is 0 Å². The van der Waals surface area contributed by atoms with Crippen molar-refractivity contribution in [2.75, 3.05) is 0 Å². The molecular formula is C35H25N3. The smallest absolute Gasteiger partial charge is 0.163 e. The Kier molecular flexibility index (Phi) is 5.22. The van der Waals surface area contributed by atoms with Crippen molar-refractivity contribution in [2.24, 2.45) is 0 Å². The minimum absolute atomic E-state index is 0.450. The Labute approximate surface area is 222 Å². The predicted octanol–water partition coefficient (Wildman–Crippen LogP) is 7.88. The predicted molar refractivity (Wildman–Crippen MR) is 153 cm³/mol. The lowest BCUT2D eigenvalue weighted by atomic mass is 9.67. The molecule has 3 heteroatoms. The fraction of sp³-hybridized carbons (Fsp3) is 0.0571. The summed E-state index contributed by atoms with van der Waals surface area (Å²) in [4.78, 5) is 14.3. The standard InChI is InChI=1S/C35H25N3/c1-24-36-33(25-13-5-2-6-14-25)38-34(37-24)26-21-22-30-29-19-11-12-20-31(29)35(32(30)23-26,27-15-7-3-8-16-27)28-17-9-4-10-18-28/h2-23H,1H3. The van der Waals surface area contributed by atoms with E-state index >= 15 is 0 Å². The molecule has 0 amide bonds. The highest BCUT2D eigenvalue weighted by Gasteiger charge is 2.46. The molecule has 1 aromatic heterocycles. The van der Waals surface area contributed by atoms with Crippen LogP contribution in [0, 0.1) is 6.92 Å². The van der Waals surface area contributed by atoms with Gasteiger partial charge in [-0.1, -0.05) is 127 Å². The van der Waals surface area contributed by atoms with E-state index < -0.39 is 5.41 Å². The fourth-order valence-corrected chi connectivity index (χ4v) is 5.91. The van der Waals surface area contributed by atoms with E-state index in [4.69, 9.17) is 9.97 Å². The number of hydrogen-bond acceptors (Lipinski definition) is 3. The highest BCUT2D eigenvalue weighted by molar-refractivity contribution is 5.88. The van der Waals surface area contributed by atoms with Crippen LogP contribution in [-0.2, 0) is 5.41 Å². The second kappa shape index (κ2) is 8.89. The lowest BCUT2D eigenvalue weighted by molar-refractivity contribution is 0.768. The number of fused-ring (bicyclic) bond motifs is 3. The van der Waals surface area contributed by atoms with Crippen molar-refractivity contribution in [3.05, 3.63) is 162 Å². The van der Waals surface area contributed by atoms with Gasteiger partial charge >= 0.3 is 0 Å². The van der Waals surface area contributed by atoms with E-state index in [-0.39, 0.29) is 0 Å². The SMILES string of the molecule is Cc1nc(-c2ccccc2)nc(-c2ccc3c(c2)C(c2ccccc2)(c2ccccc2)c2ccccc2-3)n1. The summed E-state index contributed by atoms with van der Waals surface area (Å²) in [5, 5.41) is 0. The molecule has 0 aliphatic heterocycles. The van der Waals surface area contributed by atoms with Crippen molar-refractivity contribution in [1.82, 2.24) is 15.0 Å². The average Bonchev–Trinajstić information content (AvgIpc) is 3.29. The molecule has 1 aliphatic rings. The lowest BCUT2D eigenvalue weighted by Gasteiger charge is -2.34. The summed E-state index contributed by atoms with van der Waals surface area (Å²) in [5.41, 5.74) is 9.04. The first-order valence-corrected chi connectivity index (χ1v) is 12.9. The molecule has 0 fully saturated rings. The van der Waals surface area contributed by atoms with Crippen LogP contribution >= 0.6 is 0 Å². The van der Waals surface area contributed by atoms with Crippen LogP contribution in [0.5, 0.6) is 0 Å². The van der Waals surface area contributed by atoms with Gasteiger partial charge in [0.2, 0.25) is 0 Å². The van der Waals surface area contributed by atoms with Crippen molar-refractivity contribution in [2.45, 2.75) is 12.3 Å². The molecule has 0 spiro atoms. The van der Waals surface area contributed by atoms with E-state index in [1.807, 2.05) is 37.3 Å². The molecule has 0 saturated carbocycles. The van der Waals surface area contributed by atoms with Gasteiger partial charge in [0, 0.05) is 11.1 Å². The van der Waals surface area contributed by atoms with Gasteiger partial charge in [0.25, 0.3) is 0 Å². The number of benzene rings is 5. The van der Waals surface area contributed by atoms with Crippen molar-refractivity contribution in [1.29, 1.82) is 0 Å². The van der Waals surface area contributed by atoms with Gasteiger partial charge in [0.05, 0.1) is 5.41 Å². The lowest BCUT2D eigenvalue weighted by Crippen LogP contribution is -2.28. The van der Waals surface area contributed by atoms with Gasteiger partial charge in [0.1, 0.15) is 5.82 Å². The molecule has 0 atom stereocenters. The van der Waals surface area contributed by atoms with E-state index in [1.165, 1.54) is 33.4 Å². The van der Waals surface area contributed by atoms with Gasteiger partial charge in [-0.05, 0) is 46.4 Å². The Morgan fingerprint density at radius 1 is 0.447 bits per heavy atom. The van der Waals surface area contributed by atoms with Crippen molar-refractivity contribution in [3.8, 4) is 33.9 Å². The first-order valence-electron chi connectivity index (χ1n) is 12.9. The number of aromatic nitrogens is 3. The maximum Gasteiger partial charge on any atom is 0.163 e. The molecule has 6 aromatic rings. The molecule has 0 N–H and O–H groups in total. The molecule has 3 nitrogen and oxygen atoms in total. The summed E-state index contributed by atoms with van der Waals surface area (Å²) in [6.45, 7) is 1.93. The number of rotatable bonds is 4. The van der Waals surface area contributed by atoms with Crippen LogP contribution in [0.2, 0.25) is 0 Å². The highest BCUT2D eigenvalue weighted by Crippen LogP contribution is 2.56. The largest absolute Gasteiger partial charge is 0.213 e. The topological polar surface area (TPSA) is 38.7 Å². The number of aryl methyl sites for hydroxylation is 1. The first-order chi connectivity index (χ1) is 18.7. The molecule has 7 rings (SSSR count).